The molecule has 2 amide bonds. The standard InChI is InChI=1S/C26H15BrN2O7/c27-14-7-5-13(6-8-14)21-19-20(26(36-21)22(30)17-3-1-2-4-18(17)23(26)31)25(33)28(24(19)32)15-9-11-16(12-10-15)29(34)35/h1-12,19-21H/t19-,20+,21-/m0/s1. The number of ketones is 2. The Kier molecular flexibility index (Phi) is 4.83. The van der Waals surface area contributed by atoms with Crippen molar-refractivity contribution < 1.29 is 28.8 Å². The van der Waals surface area contributed by atoms with Crippen LogP contribution in [0.25, 0.3) is 0 Å². The molecule has 0 N–H and O–H groups in total. The minimum Gasteiger partial charge on any atom is -0.349 e. The van der Waals surface area contributed by atoms with E-state index in [-0.39, 0.29) is 22.5 Å². The van der Waals surface area contributed by atoms with Gasteiger partial charge in [0.2, 0.25) is 29.0 Å². The van der Waals surface area contributed by atoms with Crippen LogP contribution in [0.5, 0.6) is 0 Å². The fraction of sp³-hybridized carbons (Fsp3) is 0.154. The number of nitro groups is 1. The summed E-state index contributed by atoms with van der Waals surface area (Å²) in [6.45, 7) is 0. The van der Waals surface area contributed by atoms with Gasteiger partial charge in [0.25, 0.3) is 5.69 Å². The lowest BCUT2D eigenvalue weighted by Crippen LogP contribution is -2.51. The van der Waals surface area contributed by atoms with E-state index in [4.69, 9.17) is 4.74 Å². The molecule has 6 rings (SSSR count). The first-order chi connectivity index (χ1) is 17.3. The van der Waals surface area contributed by atoms with E-state index in [0.29, 0.717) is 5.56 Å². The zero-order valence-corrected chi connectivity index (χ0v) is 19.9. The molecule has 9 nitrogen and oxygen atoms in total. The smallest absolute Gasteiger partial charge is 0.269 e. The molecule has 3 atom stereocenters. The number of fused-ring (bicyclic) bond motifs is 3. The van der Waals surface area contributed by atoms with Crippen LogP contribution < -0.4 is 4.90 Å². The van der Waals surface area contributed by atoms with E-state index in [0.717, 1.165) is 9.37 Å². The Morgan fingerprint density at radius 1 is 0.833 bits per heavy atom. The van der Waals surface area contributed by atoms with Gasteiger partial charge in [-0.05, 0) is 29.8 Å². The minimum atomic E-state index is -2.17. The number of benzene rings is 3. The van der Waals surface area contributed by atoms with Crippen LogP contribution in [0.2, 0.25) is 0 Å². The second-order valence-electron chi connectivity index (χ2n) is 8.82. The van der Waals surface area contributed by atoms with Crippen molar-refractivity contribution in [3.63, 3.8) is 0 Å². The van der Waals surface area contributed by atoms with Gasteiger partial charge in [-0.3, -0.25) is 29.3 Å². The molecule has 0 aromatic heterocycles. The monoisotopic (exact) mass is 546 g/mol. The van der Waals surface area contributed by atoms with Crippen LogP contribution in [0.3, 0.4) is 0 Å². The molecule has 0 saturated carbocycles. The molecular weight excluding hydrogens is 532 g/mol. The lowest BCUT2D eigenvalue weighted by Gasteiger charge is -2.27. The van der Waals surface area contributed by atoms with Gasteiger partial charge in [0.05, 0.1) is 28.6 Å². The maximum Gasteiger partial charge on any atom is 0.269 e. The van der Waals surface area contributed by atoms with Gasteiger partial charge in [-0.2, -0.15) is 0 Å². The molecule has 2 aliphatic heterocycles. The van der Waals surface area contributed by atoms with Crippen molar-refractivity contribution in [2.45, 2.75) is 11.7 Å². The number of hydrogen-bond acceptors (Lipinski definition) is 7. The van der Waals surface area contributed by atoms with Crippen LogP contribution in [0, 0.1) is 22.0 Å². The molecule has 178 valence electrons. The Morgan fingerprint density at radius 3 is 1.97 bits per heavy atom. The average molecular weight is 547 g/mol. The van der Waals surface area contributed by atoms with E-state index in [1.165, 1.54) is 36.4 Å². The quantitative estimate of drug-likeness (QED) is 0.210. The minimum absolute atomic E-state index is 0.116. The van der Waals surface area contributed by atoms with Gasteiger partial charge in [0.1, 0.15) is 0 Å². The first-order valence-electron chi connectivity index (χ1n) is 11.0. The molecule has 36 heavy (non-hydrogen) atoms. The fourth-order valence-corrected chi connectivity index (χ4v) is 5.71. The number of anilines is 1. The van der Waals surface area contributed by atoms with E-state index in [9.17, 15) is 29.3 Å². The Hall–Kier alpha value is -4.02. The number of nitrogens with zero attached hydrogens (tertiary/aromatic N) is 2. The van der Waals surface area contributed by atoms with Gasteiger partial charge < -0.3 is 4.74 Å². The molecule has 3 aliphatic rings. The predicted molar refractivity (Wildman–Crippen MR) is 128 cm³/mol. The Morgan fingerprint density at radius 2 is 1.42 bits per heavy atom. The second-order valence-corrected chi connectivity index (χ2v) is 9.73. The van der Waals surface area contributed by atoms with Gasteiger partial charge >= 0.3 is 0 Å². The van der Waals surface area contributed by atoms with Gasteiger partial charge in [0.15, 0.2) is 0 Å². The number of non-ortho nitro benzene ring substituents is 1. The van der Waals surface area contributed by atoms with E-state index < -0.39 is 51.8 Å². The topological polar surface area (TPSA) is 124 Å². The summed E-state index contributed by atoms with van der Waals surface area (Å²) in [5.41, 5.74) is -1.44. The largest absolute Gasteiger partial charge is 0.349 e. The maximum atomic E-state index is 13.8. The van der Waals surface area contributed by atoms with Crippen molar-refractivity contribution in [1.29, 1.82) is 0 Å². The van der Waals surface area contributed by atoms with Crippen LogP contribution in [0.1, 0.15) is 32.4 Å². The number of Topliss-reactive ketones (excluding diaryl/α,β-unsaturated/α-hetero) is 2. The van der Waals surface area contributed by atoms with E-state index >= 15 is 0 Å². The van der Waals surface area contributed by atoms with Crippen molar-refractivity contribution >= 4 is 50.7 Å². The van der Waals surface area contributed by atoms with Crippen molar-refractivity contribution in [3.8, 4) is 0 Å². The summed E-state index contributed by atoms with van der Waals surface area (Å²) < 4.78 is 6.99. The maximum absolute atomic E-state index is 13.8. The molecule has 3 aromatic rings. The van der Waals surface area contributed by atoms with E-state index in [1.54, 1.807) is 36.4 Å². The third-order valence-electron chi connectivity index (χ3n) is 7.04. The highest BCUT2D eigenvalue weighted by Gasteiger charge is 2.74. The number of hydrogen-bond donors (Lipinski definition) is 0. The molecule has 1 spiro atoms. The Labute approximate surface area is 211 Å². The number of nitro benzene ring substituents is 1. The van der Waals surface area contributed by atoms with Crippen LogP contribution in [0.4, 0.5) is 11.4 Å². The van der Waals surface area contributed by atoms with Crippen molar-refractivity contribution in [3.05, 3.63) is 104 Å². The number of imide groups is 1. The third-order valence-corrected chi connectivity index (χ3v) is 7.56. The van der Waals surface area contributed by atoms with Gasteiger partial charge in [-0.25, -0.2) is 4.90 Å². The molecule has 2 heterocycles. The van der Waals surface area contributed by atoms with Crippen LogP contribution >= 0.6 is 15.9 Å². The highest BCUT2D eigenvalue weighted by molar-refractivity contribution is 9.10. The molecule has 0 bridgehead atoms. The highest BCUT2D eigenvalue weighted by Crippen LogP contribution is 2.57. The second kappa shape index (κ2) is 7.74. The zero-order valence-electron chi connectivity index (χ0n) is 18.3. The van der Waals surface area contributed by atoms with Crippen LogP contribution in [0.15, 0.2) is 77.3 Å². The first-order valence-corrected chi connectivity index (χ1v) is 11.8. The van der Waals surface area contributed by atoms with Crippen molar-refractivity contribution in [2.24, 2.45) is 11.8 Å². The SMILES string of the molecule is O=C1[C@@H]2[C@H](c3ccc(Br)cc3)OC3(C(=O)c4ccccc4C3=O)[C@H]2C(=O)N1c1ccc([N+](=O)[O-])cc1. The summed E-state index contributed by atoms with van der Waals surface area (Å²) in [4.78, 5) is 66.4. The molecule has 3 aromatic carbocycles. The summed E-state index contributed by atoms with van der Waals surface area (Å²) in [6, 6.07) is 18.1. The number of carbonyl (C=O) groups is 4. The highest BCUT2D eigenvalue weighted by atomic mass is 79.9. The Bertz CT molecular complexity index is 1460. The number of halogens is 1. The van der Waals surface area contributed by atoms with Crippen molar-refractivity contribution in [1.82, 2.24) is 0 Å². The molecule has 2 fully saturated rings. The lowest BCUT2D eigenvalue weighted by molar-refractivity contribution is -0.384. The number of rotatable bonds is 3. The normalized spacial score (nSPS) is 23.9. The summed E-state index contributed by atoms with van der Waals surface area (Å²) in [6.07, 6.45) is -1.04. The van der Waals surface area contributed by atoms with Gasteiger partial charge in [-0.1, -0.05) is 52.3 Å². The molecular formula is C26H15BrN2O7. The molecule has 0 unspecified atom stereocenters. The van der Waals surface area contributed by atoms with Crippen molar-refractivity contribution in [2.75, 3.05) is 4.90 Å². The number of amides is 2. The Balaban J connectivity index is 1.51. The van der Waals surface area contributed by atoms with Crippen LogP contribution in [-0.4, -0.2) is 33.9 Å². The molecule has 1 aliphatic carbocycles. The van der Waals surface area contributed by atoms with Gasteiger partial charge in [0, 0.05) is 27.7 Å². The number of carbonyl (C=O) groups excluding carboxylic acids is 4. The summed E-state index contributed by atoms with van der Waals surface area (Å²) >= 11 is 3.36. The third kappa shape index (κ3) is 2.85. The van der Waals surface area contributed by atoms with Gasteiger partial charge in [-0.15, -0.1) is 0 Å². The fourth-order valence-electron chi connectivity index (χ4n) is 5.45. The predicted octanol–water partition coefficient (Wildman–Crippen LogP) is 4.05. The molecule has 0 radical (unpaired) electrons. The van der Waals surface area contributed by atoms with Crippen LogP contribution in [-0.2, 0) is 14.3 Å². The first kappa shape index (κ1) is 22.4. The van der Waals surface area contributed by atoms with E-state index in [2.05, 4.69) is 15.9 Å². The van der Waals surface area contributed by atoms with E-state index in [1.807, 2.05) is 0 Å². The summed E-state index contributed by atoms with van der Waals surface area (Å²) in [5.74, 6) is -5.22. The molecule has 2 saturated heterocycles. The average Bonchev–Trinajstić information content (AvgIpc) is 3.44. The molecule has 10 heteroatoms. The summed E-state index contributed by atoms with van der Waals surface area (Å²) in [7, 11) is 0. The zero-order chi connectivity index (χ0) is 25.4. The lowest BCUT2D eigenvalue weighted by atomic mass is 9.77. The summed E-state index contributed by atoms with van der Waals surface area (Å²) in [5, 5.41) is 11.1. The number of ether oxygens (including phenoxy) is 1.